The minimum atomic E-state index is 0.586. The first-order valence-corrected chi connectivity index (χ1v) is 9.87. The van der Waals surface area contributed by atoms with E-state index in [4.69, 9.17) is 14.2 Å². The molecule has 0 spiro atoms. The zero-order valence-corrected chi connectivity index (χ0v) is 17.4. The summed E-state index contributed by atoms with van der Waals surface area (Å²) in [7, 11) is 3.31. The largest absolute Gasteiger partial charge is 0.493 e. The lowest BCUT2D eigenvalue weighted by molar-refractivity contribution is 0.305. The molecule has 3 aromatic carbocycles. The fourth-order valence-corrected chi connectivity index (χ4v) is 3.18. The lowest BCUT2D eigenvalue weighted by Gasteiger charge is -2.11. The van der Waals surface area contributed by atoms with E-state index in [1.165, 1.54) is 22.3 Å². The lowest BCUT2D eigenvalue weighted by Crippen LogP contribution is -2.16. The molecule has 0 radical (unpaired) electrons. The molecule has 0 atom stereocenters. The molecule has 0 saturated heterocycles. The van der Waals surface area contributed by atoms with Crippen LogP contribution in [0.1, 0.15) is 22.3 Å². The molecule has 0 aliphatic carbocycles. The first-order valence-electron chi connectivity index (χ1n) is 9.87. The Hall–Kier alpha value is -2.98. The first-order chi connectivity index (χ1) is 14.2. The first kappa shape index (κ1) is 20.7. The third-order valence-electron chi connectivity index (χ3n) is 4.92. The quantitative estimate of drug-likeness (QED) is 0.498. The van der Waals surface area contributed by atoms with Crippen LogP contribution in [0.4, 0.5) is 0 Å². The normalized spacial score (nSPS) is 10.6. The highest BCUT2D eigenvalue weighted by molar-refractivity contribution is 5.43. The van der Waals surface area contributed by atoms with E-state index >= 15 is 0 Å². The Morgan fingerprint density at radius 3 is 2.41 bits per heavy atom. The Labute approximate surface area is 173 Å². The monoisotopic (exact) mass is 391 g/mol. The van der Waals surface area contributed by atoms with Gasteiger partial charge >= 0.3 is 0 Å². The van der Waals surface area contributed by atoms with Gasteiger partial charge in [-0.2, -0.15) is 0 Å². The molecule has 0 bridgehead atoms. The molecular formula is C25H29NO3. The standard InChI is InChI=1S/C25H29NO3/c1-19-7-4-5-9-22(19)18-29-23-10-6-8-21(15-23)17-26-14-13-20-11-12-24(27-2)25(16-20)28-3/h4-12,15-16,26H,13-14,17-18H2,1-3H3. The molecular weight excluding hydrogens is 362 g/mol. The van der Waals surface area contributed by atoms with Crippen molar-refractivity contribution in [1.82, 2.24) is 5.32 Å². The van der Waals surface area contributed by atoms with E-state index in [1.54, 1.807) is 14.2 Å². The Balaban J connectivity index is 1.47. The van der Waals surface area contributed by atoms with Gasteiger partial charge in [-0.1, -0.05) is 42.5 Å². The van der Waals surface area contributed by atoms with E-state index in [2.05, 4.69) is 42.6 Å². The van der Waals surface area contributed by atoms with Gasteiger partial charge in [0.05, 0.1) is 14.2 Å². The number of aryl methyl sites for hydroxylation is 1. The molecule has 0 saturated carbocycles. The number of nitrogens with one attached hydrogen (secondary N) is 1. The van der Waals surface area contributed by atoms with Crippen LogP contribution in [-0.4, -0.2) is 20.8 Å². The summed E-state index contributed by atoms with van der Waals surface area (Å²) in [5.41, 5.74) is 4.89. The van der Waals surface area contributed by atoms with E-state index in [-0.39, 0.29) is 0 Å². The van der Waals surface area contributed by atoms with Crippen molar-refractivity contribution in [3.05, 3.63) is 89.0 Å². The molecule has 152 valence electrons. The van der Waals surface area contributed by atoms with Crippen molar-refractivity contribution >= 4 is 0 Å². The number of rotatable bonds is 10. The van der Waals surface area contributed by atoms with Crippen molar-refractivity contribution in [2.45, 2.75) is 26.5 Å². The van der Waals surface area contributed by atoms with E-state index in [0.29, 0.717) is 6.61 Å². The van der Waals surface area contributed by atoms with Gasteiger partial charge in [0.2, 0.25) is 0 Å². The van der Waals surface area contributed by atoms with Gasteiger partial charge < -0.3 is 19.5 Å². The summed E-state index contributed by atoms with van der Waals surface area (Å²) in [6, 6.07) is 22.6. The van der Waals surface area contributed by atoms with Crippen LogP contribution in [0.5, 0.6) is 17.2 Å². The van der Waals surface area contributed by atoms with Crippen molar-refractivity contribution in [2.24, 2.45) is 0 Å². The maximum Gasteiger partial charge on any atom is 0.160 e. The van der Waals surface area contributed by atoms with Gasteiger partial charge in [-0.25, -0.2) is 0 Å². The molecule has 4 nitrogen and oxygen atoms in total. The molecule has 0 amide bonds. The second-order valence-electron chi connectivity index (χ2n) is 6.98. The van der Waals surface area contributed by atoms with Crippen LogP contribution in [0.2, 0.25) is 0 Å². The van der Waals surface area contributed by atoms with Gasteiger partial charge in [0.25, 0.3) is 0 Å². The summed E-state index contributed by atoms with van der Waals surface area (Å²) in [6.07, 6.45) is 0.920. The smallest absolute Gasteiger partial charge is 0.160 e. The Morgan fingerprint density at radius 2 is 1.62 bits per heavy atom. The maximum absolute atomic E-state index is 5.98. The predicted molar refractivity (Wildman–Crippen MR) is 117 cm³/mol. The zero-order valence-electron chi connectivity index (χ0n) is 17.4. The summed E-state index contributed by atoms with van der Waals surface area (Å²) in [5, 5.41) is 3.50. The lowest BCUT2D eigenvalue weighted by atomic mass is 10.1. The SMILES string of the molecule is COc1ccc(CCNCc2cccc(OCc3ccccc3C)c2)cc1OC. The average Bonchev–Trinajstić information content (AvgIpc) is 2.76. The zero-order chi connectivity index (χ0) is 20.5. The van der Waals surface area contributed by atoms with E-state index in [0.717, 1.165) is 36.8 Å². The summed E-state index contributed by atoms with van der Waals surface area (Å²) in [5.74, 6) is 2.42. The van der Waals surface area contributed by atoms with E-state index < -0.39 is 0 Å². The molecule has 0 aliphatic rings. The van der Waals surface area contributed by atoms with Gasteiger partial charge in [-0.05, 0) is 66.4 Å². The van der Waals surface area contributed by atoms with Gasteiger partial charge in [0, 0.05) is 6.54 Å². The molecule has 0 fully saturated rings. The van der Waals surface area contributed by atoms with E-state index in [1.807, 2.05) is 36.4 Å². The van der Waals surface area contributed by atoms with Gasteiger partial charge in [-0.15, -0.1) is 0 Å². The number of hydrogen-bond acceptors (Lipinski definition) is 4. The summed E-state index contributed by atoms with van der Waals surface area (Å²) in [6.45, 7) is 4.37. The van der Waals surface area contributed by atoms with Crippen molar-refractivity contribution in [3.8, 4) is 17.2 Å². The second kappa shape index (κ2) is 10.5. The topological polar surface area (TPSA) is 39.7 Å². The second-order valence-corrected chi connectivity index (χ2v) is 6.98. The van der Waals surface area contributed by atoms with Crippen molar-refractivity contribution < 1.29 is 14.2 Å². The molecule has 1 N–H and O–H groups in total. The van der Waals surface area contributed by atoms with Crippen LogP contribution in [0.3, 0.4) is 0 Å². The number of ether oxygens (including phenoxy) is 3. The maximum atomic E-state index is 5.98. The van der Waals surface area contributed by atoms with Crippen molar-refractivity contribution in [2.75, 3.05) is 20.8 Å². The van der Waals surface area contributed by atoms with Crippen LogP contribution < -0.4 is 19.5 Å². The molecule has 0 unspecified atom stereocenters. The van der Waals surface area contributed by atoms with E-state index in [9.17, 15) is 0 Å². The van der Waals surface area contributed by atoms with Crippen LogP contribution in [0.15, 0.2) is 66.7 Å². The van der Waals surface area contributed by atoms with Gasteiger partial charge in [0.1, 0.15) is 12.4 Å². The molecule has 4 heteroatoms. The van der Waals surface area contributed by atoms with Crippen LogP contribution in [0.25, 0.3) is 0 Å². The molecule has 0 heterocycles. The van der Waals surface area contributed by atoms with Crippen molar-refractivity contribution in [3.63, 3.8) is 0 Å². The average molecular weight is 392 g/mol. The minimum Gasteiger partial charge on any atom is -0.493 e. The highest BCUT2D eigenvalue weighted by Crippen LogP contribution is 2.27. The number of benzene rings is 3. The molecule has 0 aliphatic heterocycles. The van der Waals surface area contributed by atoms with Crippen LogP contribution in [0, 0.1) is 6.92 Å². The minimum absolute atomic E-state index is 0.586. The van der Waals surface area contributed by atoms with Gasteiger partial charge in [-0.3, -0.25) is 0 Å². The molecule has 3 aromatic rings. The van der Waals surface area contributed by atoms with Crippen molar-refractivity contribution in [1.29, 1.82) is 0 Å². The fraction of sp³-hybridized carbons (Fsp3) is 0.280. The van der Waals surface area contributed by atoms with Crippen LogP contribution in [-0.2, 0) is 19.6 Å². The Morgan fingerprint density at radius 1 is 0.793 bits per heavy atom. The number of methoxy groups -OCH3 is 2. The number of hydrogen-bond donors (Lipinski definition) is 1. The predicted octanol–water partition coefficient (Wildman–Crippen LogP) is 4.92. The fourth-order valence-electron chi connectivity index (χ4n) is 3.18. The summed E-state index contributed by atoms with van der Waals surface area (Å²) in [4.78, 5) is 0. The Bertz CT molecular complexity index is 923. The third kappa shape index (κ3) is 6.00. The molecule has 0 aromatic heterocycles. The van der Waals surface area contributed by atoms with Crippen LogP contribution >= 0.6 is 0 Å². The third-order valence-corrected chi connectivity index (χ3v) is 4.92. The van der Waals surface area contributed by atoms with Gasteiger partial charge in [0.15, 0.2) is 11.5 Å². The highest BCUT2D eigenvalue weighted by atomic mass is 16.5. The summed E-state index contributed by atoms with van der Waals surface area (Å²) >= 11 is 0. The molecule has 29 heavy (non-hydrogen) atoms. The highest BCUT2D eigenvalue weighted by Gasteiger charge is 2.05. The summed E-state index contributed by atoms with van der Waals surface area (Å²) < 4.78 is 16.6. The molecule has 3 rings (SSSR count). The Kier molecular flexibility index (Phi) is 7.54.